The first kappa shape index (κ1) is 13.8. The van der Waals surface area contributed by atoms with Gasteiger partial charge in [-0.3, -0.25) is 9.69 Å². The van der Waals surface area contributed by atoms with Gasteiger partial charge in [0.15, 0.2) is 0 Å². The predicted molar refractivity (Wildman–Crippen MR) is 82.9 cm³/mol. The molecule has 0 atom stereocenters. The number of benzene rings is 2. The molecule has 0 bridgehead atoms. The van der Waals surface area contributed by atoms with Crippen LogP contribution in [0.2, 0.25) is 0 Å². The van der Waals surface area contributed by atoms with E-state index in [4.69, 9.17) is 5.11 Å². The standard InChI is InChI=1S/C18H19NO2/c20-18(21)13-19(17-10-11-17)12-14-6-8-16(9-7-14)15-4-2-1-3-5-15/h1-9,17H,10-13H2,(H,20,21). The molecule has 0 spiro atoms. The summed E-state index contributed by atoms with van der Waals surface area (Å²) in [5.41, 5.74) is 3.56. The van der Waals surface area contributed by atoms with E-state index in [1.807, 2.05) is 18.2 Å². The van der Waals surface area contributed by atoms with Crippen molar-refractivity contribution in [3.8, 4) is 11.1 Å². The molecule has 0 aromatic heterocycles. The average molecular weight is 281 g/mol. The number of nitrogens with zero attached hydrogens (tertiary/aromatic N) is 1. The highest BCUT2D eigenvalue weighted by molar-refractivity contribution is 5.69. The second-order valence-electron chi connectivity index (χ2n) is 5.59. The Morgan fingerprint density at radius 2 is 1.62 bits per heavy atom. The molecule has 1 aliphatic rings. The SMILES string of the molecule is O=C(O)CN(Cc1ccc(-c2ccccc2)cc1)C1CC1. The molecule has 1 N–H and O–H groups in total. The van der Waals surface area contributed by atoms with Crippen molar-refractivity contribution in [2.75, 3.05) is 6.54 Å². The van der Waals surface area contributed by atoms with Crippen molar-refractivity contribution in [2.24, 2.45) is 0 Å². The minimum atomic E-state index is -0.747. The lowest BCUT2D eigenvalue weighted by Crippen LogP contribution is -2.31. The van der Waals surface area contributed by atoms with Gasteiger partial charge in [-0.1, -0.05) is 54.6 Å². The smallest absolute Gasteiger partial charge is 0.317 e. The molecule has 1 aliphatic carbocycles. The van der Waals surface area contributed by atoms with E-state index in [2.05, 4.69) is 41.3 Å². The van der Waals surface area contributed by atoms with E-state index in [-0.39, 0.29) is 6.54 Å². The fraction of sp³-hybridized carbons (Fsp3) is 0.278. The van der Waals surface area contributed by atoms with Gasteiger partial charge in [0.25, 0.3) is 0 Å². The summed E-state index contributed by atoms with van der Waals surface area (Å²) in [7, 11) is 0. The Kier molecular flexibility index (Phi) is 4.02. The number of hydrogen-bond acceptors (Lipinski definition) is 2. The van der Waals surface area contributed by atoms with E-state index in [9.17, 15) is 4.79 Å². The minimum Gasteiger partial charge on any atom is -0.480 e. The Bertz CT molecular complexity index is 603. The normalized spacial score (nSPS) is 14.3. The summed E-state index contributed by atoms with van der Waals surface area (Å²) in [6.45, 7) is 0.844. The summed E-state index contributed by atoms with van der Waals surface area (Å²) in [6.07, 6.45) is 2.24. The van der Waals surface area contributed by atoms with Crippen LogP contribution in [0.5, 0.6) is 0 Å². The van der Waals surface area contributed by atoms with E-state index in [1.165, 1.54) is 16.7 Å². The molecule has 3 nitrogen and oxygen atoms in total. The van der Waals surface area contributed by atoms with Gasteiger partial charge < -0.3 is 5.11 Å². The summed E-state index contributed by atoms with van der Waals surface area (Å²) >= 11 is 0. The third-order valence-corrected chi connectivity index (χ3v) is 3.85. The average Bonchev–Trinajstić information content (AvgIpc) is 3.32. The predicted octanol–water partition coefficient (Wildman–Crippen LogP) is 3.40. The second kappa shape index (κ2) is 6.10. The zero-order valence-electron chi connectivity index (χ0n) is 11.9. The van der Waals surface area contributed by atoms with Crippen LogP contribution in [0.3, 0.4) is 0 Å². The van der Waals surface area contributed by atoms with Gasteiger partial charge >= 0.3 is 5.97 Å². The van der Waals surface area contributed by atoms with Gasteiger partial charge in [-0.2, -0.15) is 0 Å². The van der Waals surface area contributed by atoms with E-state index in [0.29, 0.717) is 12.6 Å². The fourth-order valence-electron chi connectivity index (χ4n) is 2.60. The quantitative estimate of drug-likeness (QED) is 0.882. The molecule has 2 aromatic carbocycles. The molecule has 0 unspecified atom stereocenters. The molecule has 108 valence electrons. The lowest BCUT2D eigenvalue weighted by atomic mass is 10.0. The van der Waals surface area contributed by atoms with E-state index in [0.717, 1.165) is 12.8 Å². The van der Waals surface area contributed by atoms with Crippen LogP contribution < -0.4 is 0 Å². The fourth-order valence-corrected chi connectivity index (χ4v) is 2.60. The Hall–Kier alpha value is -2.13. The summed E-state index contributed by atoms with van der Waals surface area (Å²) in [5, 5.41) is 8.99. The van der Waals surface area contributed by atoms with Crippen LogP contribution in [0.1, 0.15) is 18.4 Å². The van der Waals surface area contributed by atoms with Gasteiger partial charge in [-0.05, 0) is 29.5 Å². The van der Waals surface area contributed by atoms with Crippen LogP contribution in [0.15, 0.2) is 54.6 Å². The Morgan fingerprint density at radius 3 is 2.19 bits per heavy atom. The Balaban J connectivity index is 1.70. The van der Waals surface area contributed by atoms with Crippen molar-refractivity contribution in [3.63, 3.8) is 0 Å². The molecule has 0 heterocycles. The lowest BCUT2D eigenvalue weighted by molar-refractivity contribution is -0.138. The number of hydrogen-bond donors (Lipinski definition) is 1. The maximum Gasteiger partial charge on any atom is 0.317 e. The minimum absolute atomic E-state index is 0.130. The van der Waals surface area contributed by atoms with E-state index >= 15 is 0 Å². The highest BCUT2D eigenvalue weighted by Crippen LogP contribution is 2.28. The molecule has 0 aliphatic heterocycles. The maximum atomic E-state index is 10.9. The zero-order valence-corrected chi connectivity index (χ0v) is 11.9. The highest BCUT2D eigenvalue weighted by atomic mass is 16.4. The van der Waals surface area contributed by atoms with Gasteiger partial charge in [-0.25, -0.2) is 0 Å². The molecule has 0 saturated heterocycles. The van der Waals surface area contributed by atoms with Crippen molar-refractivity contribution >= 4 is 5.97 Å². The highest BCUT2D eigenvalue weighted by Gasteiger charge is 2.30. The molecule has 1 fully saturated rings. The van der Waals surface area contributed by atoms with Crippen molar-refractivity contribution in [1.82, 2.24) is 4.90 Å². The number of carboxylic acids is 1. The first-order chi connectivity index (χ1) is 10.2. The summed E-state index contributed by atoms with van der Waals surface area (Å²) in [4.78, 5) is 13.0. The van der Waals surface area contributed by atoms with Crippen LogP contribution in [0, 0.1) is 0 Å². The van der Waals surface area contributed by atoms with Gasteiger partial charge in [0.1, 0.15) is 0 Å². The van der Waals surface area contributed by atoms with Crippen LogP contribution in [0.25, 0.3) is 11.1 Å². The molecule has 21 heavy (non-hydrogen) atoms. The van der Waals surface area contributed by atoms with E-state index < -0.39 is 5.97 Å². The third-order valence-electron chi connectivity index (χ3n) is 3.85. The van der Waals surface area contributed by atoms with Crippen molar-refractivity contribution < 1.29 is 9.90 Å². The van der Waals surface area contributed by atoms with Crippen LogP contribution in [-0.4, -0.2) is 28.6 Å². The molecule has 0 amide bonds. The van der Waals surface area contributed by atoms with Crippen molar-refractivity contribution in [1.29, 1.82) is 0 Å². The summed E-state index contributed by atoms with van der Waals surface area (Å²) in [5.74, 6) is -0.747. The van der Waals surface area contributed by atoms with Crippen LogP contribution >= 0.6 is 0 Å². The maximum absolute atomic E-state index is 10.9. The molecule has 2 aromatic rings. The molecule has 0 radical (unpaired) electrons. The topological polar surface area (TPSA) is 40.5 Å². The van der Waals surface area contributed by atoms with Crippen LogP contribution in [-0.2, 0) is 11.3 Å². The monoisotopic (exact) mass is 281 g/mol. The summed E-state index contributed by atoms with van der Waals surface area (Å²) in [6, 6.07) is 19.1. The van der Waals surface area contributed by atoms with Crippen molar-refractivity contribution in [3.05, 3.63) is 60.2 Å². The van der Waals surface area contributed by atoms with Crippen LogP contribution in [0.4, 0.5) is 0 Å². The summed E-state index contributed by atoms with van der Waals surface area (Å²) < 4.78 is 0. The number of carboxylic acid groups (broad SMARTS) is 1. The van der Waals surface area contributed by atoms with E-state index in [1.54, 1.807) is 0 Å². The molecule has 1 saturated carbocycles. The lowest BCUT2D eigenvalue weighted by Gasteiger charge is -2.19. The first-order valence-corrected chi connectivity index (χ1v) is 7.32. The van der Waals surface area contributed by atoms with Gasteiger partial charge in [-0.15, -0.1) is 0 Å². The molecule has 3 rings (SSSR count). The Labute approximate surface area is 124 Å². The Morgan fingerprint density at radius 1 is 1.00 bits per heavy atom. The third kappa shape index (κ3) is 3.70. The molecule has 3 heteroatoms. The van der Waals surface area contributed by atoms with Gasteiger partial charge in [0.2, 0.25) is 0 Å². The van der Waals surface area contributed by atoms with Gasteiger partial charge in [0.05, 0.1) is 6.54 Å². The number of aliphatic carboxylic acids is 1. The zero-order chi connectivity index (χ0) is 14.7. The first-order valence-electron chi connectivity index (χ1n) is 7.32. The van der Waals surface area contributed by atoms with Crippen molar-refractivity contribution in [2.45, 2.75) is 25.4 Å². The molecular weight excluding hydrogens is 262 g/mol. The number of carbonyl (C=O) groups is 1. The second-order valence-corrected chi connectivity index (χ2v) is 5.59. The molecular formula is C18H19NO2. The number of rotatable bonds is 6. The van der Waals surface area contributed by atoms with Gasteiger partial charge in [0, 0.05) is 12.6 Å². The largest absolute Gasteiger partial charge is 0.480 e.